The molecule has 4 atom stereocenters. The first-order valence-corrected chi connectivity index (χ1v) is 11.7. The van der Waals surface area contributed by atoms with Crippen molar-refractivity contribution >= 4 is 44.0 Å². The fourth-order valence-electron chi connectivity index (χ4n) is 4.54. The minimum Gasteiger partial charge on any atom is -0.274 e. The molecule has 2 heterocycles. The number of aromatic nitrogens is 2. The van der Waals surface area contributed by atoms with Gasteiger partial charge in [-0.2, -0.15) is 0 Å². The summed E-state index contributed by atoms with van der Waals surface area (Å²) in [5.74, 6) is -0.677. The van der Waals surface area contributed by atoms with Crippen LogP contribution in [0, 0.1) is 23.7 Å². The predicted octanol–water partition coefficient (Wildman–Crippen LogP) is 2.21. The molecule has 150 valence electrons. The van der Waals surface area contributed by atoms with Gasteiger partial charge in [0.25, 0.3) is 10.0 Å². The molecule has 29 heavy (non-hydrogen) atoms. The van der Waals surface area contributed by atoms with Gasteiger partial charge >= 0.3 is 0 Å². The van der Waals surface area contributed by atoms with Crippen molar-refractivity contribution in [2.45, 2.75) is 24.7 Å². The van der Waals surface area contributed by atoms with E-state index in [0.717, 1.165) is 11.4 Å². The molecule has 2 amide bonds. The van der Waals surface area contributed by atoms with Crippen LogP contribution in [0.25, 0.3) is 0 Å². The van der Waals surface area contributed by atoms with Gasteiger partial charge < -0.3 is 0 Å². The van der Waals surface area contributed by atoms with Gasteiger partial charge in [-0.05, 0) is 48.9 Å². The number of rotatable bonds is 5. The van der Waals surface area contributed by atoms with E-state index in [0.29, 0.717) is 12.1 Å². The zero-order valence-corrected chi connectivity index (χ0v) is 17.1. The van der Waals surface area contributed by atoms with Crippen LogP contribution in [0.1, 0.15) is 18.4 Å². The van der Waals surface area contributed by atoms with Crippen LogP contribution in [0.4, 0.5) is 10.8 Å². The van der Waals surface area contributed by atoms with Gasteiger partial charge in [0.15, 0.2) is 0 Å². The lowest BCUT2D eigenvalue weighted by Gasteiger charge is -2.17. The fraction of sp³-hybridized carbons (Fsp3) is 0.368. The van der Waals surface area contributed by atoms with Crippen LogP contribution >= 0.6 is 11.3 Å². The number of imide groups is 1. The molecule has 1 aromatic heterocycles. The Morgan fingerprint density at radius 1 is 1.07 bits per heavy atom. The molecule has 1 N–H and O–H groups in total. The molecule has 2 bridgehead atoms. The third kappa shape index (κ3) is 2.81. The molecule has 0 spiro atoms. The standard InChI is InChI=1S/C19H18N4O4S2/c1-2-14-20-21-19(28-14)22-29(26,27)13-7-5-12(6-8-13)23-17(24)15-10-3-4-11(9-10)16(15)18(23)25/h3-8,10-11,15-16H,2,9H2,1H3,(H,21,22)/t10-,11+,15-,16+. The quantitative estimate of drug-likeness (QED) is 0.575. The maximum Gasteiger partial charge on any atom is 0.263 e. The summed E-state index contributed by atoms with van der Waals surface area (Å²) in [6.07, 6.45) is 5.62. The molecule has 0 unspecified atom stereocenters. The Labute approximate surface area is 171 Å². The Kier molecular flexibility index (Phi) is 4.11. The van der Waals surface area contributed by atoms with Gasteiger partial charge in [-0.1, -0.05) is 30.4 Å². The number of nitrogens with zero attached hydrogens (tertiary/aromatic N) is 3. The van der Waals surface area contributed by atoms with Gasteiger partial charge in [0, 0.05) is 0 Å². The minimum atomic E-state index is -3.84. The number of benzene rings is 1. The molecule has 1 saturated heterocycles. The third-order valence-electron chi connectivity index (χ3n) is 5.87. The van der Waals surface area contributed by atoms with Crippen LogP contribution in [-0.2, 0) is 26.0 Å². The summed E-state index contributed by atoms with van der Waals surface area (Å²) >= 11 is 1.18. The van der Waals surface area contributed by atoms with Crippen molar-refractivity contribution in [3.05, 3.63) is 41.4 Å². The van der Waals surface area contributed by atoms with E-state index < -0.39 is 10.0 Å². The Balaban J connectivity index is 1.38. The number of allylic oxidation sites excluding steroid dienone is 2. The molecule has 8 nitrogen and oxygen atoms in total. The molecule has 2 fully saturated rings. The van der Waals surface area contributed by atoms with Crippen LogP contribution in [0.15, 0.2) is 41.3 Å². The number of anilines is 2. The lowest BCUT2D eigenvalue weighted by Crippen LogP contribution is -2.32. The highest BCUT2D eigenvalue weighted by molar-refractivity contribution is 7.93. The van der Waals surface area contributed by atoms with Crippen LogP contribution in [0.3, 0.4) is 0 Å². The number of amides is 2. The van der Waals surface area contributed by atoms with E-state index in [1.165, 1.54) is 40.5 Å². The zero-order chi connectivity index (χ0) is 20.3. The van der Waals surface area contributed by atoms with Gasteiger partial charge in [0.1, 0.15) is 5.01 Å². The second-order valence-corrected chi connectivity index (χ2v) is 10.2. The topological polar surface area (TPSA) is 109 Å². The third-order valence-corrected chi connectivity index (χ3v) is 8.33. The maximum absolute atomic E-state index is 12.9. The Bertz CT molecular complexity index is 1110. The zero-order valence-electron chi connectivity index (χ0n) is 15.5. The summed E-state index contributed by atoms with van der Waals surface area (Å²) in [5, 5.41) is 8.66. The molecule has 3 aliphatic rings. The Morgan fingerprint density at radius 3 is 2.24 bits per heavy atom. The first-order chi connectivity index (χ1) is 13.9. The van der Waals surface area contributed by atoms with Crippen LogP contribution in [-0.4, -0.2) is 30.4 Å². The summed E-state index contributed by atoms with van der Waals surface area (Å²) in [6.45, 7) is 1.91. The van der Waals surface area contributed by atoms with E-state index in [2.05, 4.69) is 14.9 Å². The number of hydrogen-bond acceptors (Lipinski definition) is 7. The highest BCUT2D eigenvalue weighted by atomic mass is 32.2. The number of carbonyl (C=O) groups is 2. The summed E-state index contributed by atoms with van der Waals surface area (Å²) in [7, 11) is -3.84. The summed E-state index contributed by atoms with van der Waals surface area (Å²) in [6, 6.07) is 5.78. The molecule has 5 rings (SSSR count). The van der Waals surface area contributed by atoms with E-state index in [1.807, 2.05) is 19.1 Å². The van der Waals surface area contributed by atoms with Gasteiger partial charge in [0.2, 0.25) is 16.9 Å². The van der Waals surface area contributed by atoms with E-state index >= 15 is 0 Å². The predicted molar refractivity (Wildman–Crippen MR) is 107 cm³/mol. The monoisotopic (exact) mass is 430 g/mol. The van der Waals surface area contributed by atoms with E-state index in [-0.39, 0.29) is 45.5 Å². The van der Waals surface area contributed by atoms with Gasteiger partial charge in [-0.15, -0.1) is 10.2 Å². The second-order valence-electron chi connectivity index (χ2n) is 7.47. The van der Waals surface area contributed by atoms with E-state index in [4.69, 9.17) is 0 Å². The molecule has 2 aliphatic carbocycles. The van der Waals surface area contributed by atoms with Crippen molar-refractivity contribution in [3.63, 3.8) is 0 Å². The first kappa shape index (κ1) is 18.4. The lowest BCUT2D eigenvalue weighted by molar-refractivity contribution is -0.123. The van der Waals surface area contributed by atoms with Gasteiger partial charge in [-0.25, -0.2) is 8.42 Å². The van der Waals surface area contributed by atoms with Crippen LogP contribution in [0.2, 0.25) is 0 Å². The molecule has 1 aromatic carbocycles. The average molecular weight is 431 g/mol. The summed E-state index contributed by atoms with van der Waals surface area (Å²) in [5.41, 5.74) is 0.400. The van der Waals surface area contributed by atoms with Crippen molar-refractivity contribution in [2.24, 2.45) is 23.7 Å². The number of nitrogens with one attached hydrogen (secondary N) is 1. The molecule has 1 saturated carbocycles. The smallest absolute Gasteiger partial charge is 0.263 e. The molecular weight excluding hydrogens is 412 g/mol. The van der Waals surface area contributed by atoms with Gasteiger partial charge in [0.05, 0.1) is 22.4 Å². The van der Waals surface area contributed by atoms with Crippen molar-refractivity contribution in [3.8, 4) is 0 Å². The van der Waals surface area contributed by atoms with Crippen LogP contribution in [0.5, 0.6) is 0 Å². The van der Waals surface area contributed by atoms with Crippen LogP contribution < -0.4 is 9.62 Å². The highest BCUT2D eigenvalue weighted by Gasteiger charge is 2.59. The van der Waals surface area contributed by atoms with E-state index in [9.17, 15) is 18.0 Å². The SMILES string of the molecule is CCc1nnc(NS(=O)(=O)c2ccc(N3C(=O)[C@@H]4[C@H](C3=O)[C@@H]3C=C[C@H]4C3)cc2)s1. The highest BCUT2D eigenvalue weighted by Crippen LogP contribution is 2.53. The molecule has 10 heteroatoms. The number of aryl methyl sites for hydroxylation is 1. The number of hydrogen-bond donors (Lipinski definition) is 1. The van der Waals surface area contributed by atoms with Crippen molar-refractivity contribution in [1.82, 2.24) is 10.2 Å². The summed E-state index contributed by atoms with van der Waals surface area (Å²) in [4.78, 5) is 27.0. The summed E-state index contributed by atoms with van der Waals surface area (Å²) < 4.78 is 27.6. The van der Waals surface area contributed by atoms with Crippen molar-refractivity contribution in [1.29, 1.82) is 0 Å². The molecule has 0 radical (unpaired) electrons. The van der Waals surface area contributed by atoms with Crippen molar-refractivity contribution < 1.29 is 18.0 Å². The maximum atomic E-state index is 12.9. The normalized spacial score (nSPS) is 27.7. The number of carbonyl (C=O) groups excluding carboxylic acids is 2. The second kappa shape index (κ2) is 6.46. The molecule has 1 aliphatic heterocycles. The Hall–Kier alpha value is -2.59. The first-order valence-electron chi connectivity index (χ1n) is 9.40. The minimum absolute atomic E-state index is 0.0236. The average Bonchev–Trinajstić information content (AvgIpc) is 3.46. The molecule has 2 aromatic rings. The Morgan fingerprint density at radius 2 is 1.69 bits per heavy atom. The fourth-order valence-corrected chi connectivity index (χ4v) is 6.45. The largest absolute Gasteiger partial charge is 0.274 e. The molecular formula is C19H18N4O4S2. The van der Waals surface area contributed by atoms with Crippen molar-refractivity contribution in [2.75, 3.05) is 9.62 Å². The van der Waals surface area contributed by atoms with E-state index in [1.54, 1.807) is 0 Å². The van der Waals surface area contributed by atoms with Gasteiger partial charge in [-0.3, -0.25) is 19.2 Å². The number of sulfonamides is 1. The number of fused-ring (bicyclic) bond motifs is 5. The lowest BCUT2D eigenvalue weighted by atomic mass is 9.85.